The highest BCUT2D eigenvalue weighted by Gasteiger charge is 2.21. The van der Waals surface area contributed by atoms with Crippen LogP contribution in [0.25, 0.3) is 0 Å². The molecule has 2 rings (SSSR count). The van der Waals surface area contributed by atoms with Gasteiger partial charge in [0.2, 0.25) is 0 Å². The predicted octanol–water partition coefficient (Wildman–Crippen LogP) is 3.16. The first-order valence-electron chi connectivity index (χ1n) is 7.59. The summed E-state index contributed by atoms with van der Waals surface area (Å²) in [5, 5.41) is 12.6. The molecular formula is C16H25BrN2O. The standard InChI is InChI=1S/C16H25BrN2O/c1-2-18-11-14-5-6-15(17)10-16(14)19-8-3-4-13(12-19)7-9-20/h5-6,10,13,18,20H,2-4,7-9,11-12H2,1H3. The van der Waals surface area contributed by atoms with E-state index < -0.39 is 0 Å². The Balaban J connectivity index is 2.14. The van der Waals surface area contributed by atoms with Crippen LogP contribution in [-0.2, 0) is 6.54 Å². The molecule has 20 heavy (non-hydrogen) atoms. The molecule has 1 aromatic rings. The highest BCUT2D eigenvalue weighted by molar-refractivity contribution is 9.10. The first-order valence-corrected chi connectivity index (χ1v) is 8.38. The predicted molar refractivity (Wildman–Crippen MR) is 88.2 cm³/mol. The topological polar surface area (TPSA) is 35.5 Å². The maximum absolute atomic E-state index is 9.15. The molecule has 1 fully saturated rings. The highest BCUT2D eigenvalue weighted by atomic mass is 79.9. The Hall–Kier alpha value is -0.580. The molecule has 1 aromatic carbocycles. The summed E-state index contributed by atoms with van der Waals surface area (Å²) in [4.78, 5) is 2.49. The number of anilines is 1. The lowest BCUT2D eigenvalue weighted by atomic mass is 9.94. The van der Waals surface area contributed by atoms with E-state index in [-0.39, 0.29) is 0 Å². The monoisotopic (exact) mass is 340 g/mol. The van der Waals surface area contributed by atoms with Crippen LogP contribution in [0.5, 0.6) is 0 Å². The van der Waals surface area contributed by atoms with E-state index in [0.29, 0.717) is 12.5 Å². The van der Waals surface area contributed by atoms with Crippen LogP contribution in [0.4, 0.5) is 5.69 Å². The van der Waals surface area contributed by atoms with Gasteiger partial charge in [0.15, 0.2) is 0 Å². The minimum atomic E-state index is 0.307. The van der Waals surface area contributed by atoms with E-state index >= 15 is 0 Å². The number of nitrogens with one attached hydrogen (secondary N) is 1. The van der Waals surface area contributed by atoms with Gasteiger partial charge >= 0.3 is 0 Å². The second-order valence-electron chi connectivity index (χ2n) is 5.52. The van der Waals surface area contributed by atoms with Crippen LogP contribution in [0.15, 0.2) is 22.7 Å². The molecule has 1 unspecified atom stereocenters. The summed E-state index contributed by atoms with van der Waals surface area (Å²) in [6.07, 6.45) is 3.39. The third kappa shape index (κ3) is 4.21. The van der Waals surface area contributed by atoms with Gasteiger partial charge in [-0.2, -0.15) is 0 Å². The van der Waals surface area contributed by atoms with Gasteiger partial charge in [-0.05, 0) is 49.4 Å². The van der Waals surface area contributed by atoms with Gasteiger partial charge in [-0.15, -0.1) is 0 Å². The van der Waals surface area contributed by atoms with E-state index in [2.05, 4.69) is 51.3 Å². The molecule has 0 radical (unpaired) electrons. The zero-order valence-corrected chi connectivity index (χ0v) is 13.8. The Kier molecular flexibility index (Phi) is 6.33. The number of aliphatic hydroxyl groups excluding tert-OH is 1. The summed E-state index contributed by atoms with van der Waals surface area (Å²) >= 11 is 3.59. The molecule has 112 valence electrons. The number of nitrogens with zero attached hydrogens (tertiary/aromatic N) is 1. The van der Waals surface area contributed by atoms with Gasteiger partial charge in [0, 0.05) is 36.4 Å². The Labute approximate surface area is 130 Å². The first kappa shape index (κ1) is 15.8. The van der Waals surface area contributed by atoms with Crippen molar-refractivity contribution in [1.29, 1.82) is 0 Å². The number of rotatable bonds is 6. The molecule has 1 atom stereocenters. The quantitative estimate of drug-likeness (QED) is 0.834. The lowest BCUT2D eigenvalue weighted by Gasteiger charge is -2.35. The van der Waals surface area contributed by atoms with Crippen LogP contribution in [-0.4, -0.2) is 31.3 Å². The average molecular weight is 341 g/mol. The molecule has 0 aromatic heterocycles. The maximum atomic E-state index is 9.15. The SMILES string of the molecule is CCNCc1ccc(Br)cc1N1CCCC(CCO)C1. The molecule has 0 aliphatic carbocycles. The van der Waals surface area contributed by atoms with E-state index in [1.807, 2.05) is 0 Å². The van der Waals surface area contributed by atoms with E-state index in [9.17, 15) is 0 Å². The molecule has 1 heterocycles. The van der Waals surface area contributed by atoms with Gasteiger partial charge in [-0.25, -0.2) is 0 Å². The van der Waals surface area contributed by atoms with Crippen molar-refractivity contribution in [2.45, 2.75) is 32.7 Å². The van der Waals surface area contributed by atoms with E-state index in [4.69, 9.17) is 5.11 Å². The molecule has 4 heteroatoms. The lowest BCUT2D eigenvalue weighted by Crippen LogP contribution is -2.36. The van der Waals surface area contributed by atoms with E-state index in [0.717, 1.165) is 37.1 Å². The largest absolute Gasteiger partial charge is 0.396 e. The molecule has 2 N–H and O–H groups in total. The van der Waals surface area contributed by atoms with Crippen molar-refractivity contribution in [2.75, 3.05) is 31.1 Å². The van der Waals surface area contributed by atoms with Gasteiger partial charge in [0.25, 0.3) is 0 Å². The number of piperidine rings is 1. The minimum Gasteiger partial charge on any atom is -0.396 e. The summed E-state index contributed by atoms with van der Waals surface area (Å²) in [5.41, 5.74) is 2.70. The fraction of sp³-hybridized carbons (Fsp3) is 0.625. The Morgan fingerprint density at radius 1 is 1.45 bits per heavy atom. The van der Waals surface area contributed by atoms with Crippen LogP contribution >= 0.6 is 15.9 Å². The van der Waals surface area contributed by atoms with E-state index in [1.165, 1.54) is 24.1 Å². The second-order valence-corrected chi connectivity index (χ2v) is 6.44. The Bertz CT molecular complexity index is 423. The van der Waals surface area contributed by atoms with Gasteiger partial charge in [0.1, 0.15) is 0 Å². The molecule has 0 amide bonds. The summed E-state index contributed by atoms with van der Waals surface area (Å²) in [6.45, 7) is 6.54. The molecule has 0 saturated carbocycles. The smallest absolute Gasteiger partial charge is 0.0434 e. The minimum absolute atomic E-state index is 0.307. The molecule has 1 saturated heterocycles. The van der Waals surface area contributed by atoms with Crippen LogP contribution < -0.4 is 10.2 Å². The fourth-order valence-electron chi connectivity index (χ4n) is 2.94. The summed E-state index contributed by atoms with van der Waals surface area (Å²) in [6, 6.07) is 6.55. The number of aliphatic hydroxyl groups is 1. The number of hydrogen-bond acceptors (Lipinski definition) is 3. The van der Waals surface area contributed by atoms with Crippen molar-refractivity contribution in [3.05, 3.63) is 28.2 Å². The normalized spacial score (nSPS) is 19.4. The van der Waals surface area contributed by atoms with Crippen LogP contribution in [0.1, 0.15) is 31.7 Å². The van der Waals surface area contributed by atoms with Gasteiger partial charge in [-0.3, -0.25) is 0 Å². The average Bonchev–Trinajstić information content (AvgIpc) is 2.46. The second kappa shape index (κ2) is 8.01. The van der Waals surface area contributed by atoms with Crippen LogP contribution in [0.3, 0.4) is 0 Å². The number of hydrogen-bond donors (Lipinski definition) is 2. The molecule has 1 aliphatic heterocycles. The molecule has 0 spiro atoms. The van der Waals surface area contributed by atoms with Crippen molar-refractivity contribution in [2.24, 2.45) is 5.92 Å². The van der Waals surface area contributed by atoms with Crippen LogP contribution in [0, 0.1) is 5.92 Å². The van der Waals surface area contributed by atoms with Crippen molar-refractivity contribution >= 4 is 21.6 Å². The fourth-order valence-corrected chi connectivity index (χ4v) is 3.29. The zero-order chi connectivity index (χ0) is 14.4. The maximum Gasteiger partial charge on any atom is 0.0434 e. The molecule has 0 bridgehead atoms. The van der Waals surface area contributed by atoms with Crippen molar-refractivity contribution in [1.82, 2.24) is 5.32 Å². The Morgan fingerprint density at radius 2 is 2.30 bits per heavy atom. The van der Waals surface area contributed by atoms with Crippen molar-refractivity contribution in [3.8, 4) is 0 Å². The van der Waals surface area contributed by atoms with Crippen molar-refractivity contribution < 1.29 is 5.11 Å². The van der Waals surface area contributed by atoms with Gasteiger partial charge < -0.3 is 15.3 Å². The molecule has 1 aliphatic rings. The van der Waals surface area contributed by atoms with E-state index in [1.54, 1.807) is 0 Å². The third-order valence-corrected chi connectivity index (χ3v) is 4.50. The summed E-state index contributed by atoms with van der Waals surface area (Å²) in [5.74, 6) is 0.625. The van der Waals surface area contributed by atoms with Gasteiger partial charge in [-0.1, -0.05) is 28.9 Å². The third-order valence-electron chi connectivity index (χ3n) is 4.01. The van der Waals surface area contributed by atoms with Gasteiger partial charge in [0.05, 0.1) is 0 Å². The Morgan fingerprint density at radius 3 is 3.05 bits per heavy atom. The summed E-state index contributed by atoms with van der Waals surface area (Å²) in [7, 11) is 0. The van der Waals surface area contributed by atoms with Crippen LogP contribution in [0.2, 0.25) is 0 Å². The molecular weight excluding hydrogens is 316 g/mol. The lowest BCUT2D eigenvalue weighted by molar-refractivity contribution is 0.244. The molecule has 3 nitrogen and oxygen atoms in total. The number of halogens is 1. The zero-order valence-electron chi connectivity index (χ0n) is 12.2. The summed E-state index contributed by atoms with van der Waals surface area (Å²) < 4.78 is 1.14. The first-order chi connectivity index (χ1) is 9.74. The highest BCUT2D eigenvalue weighted by Crippen LogP contribution is 2.30. The number of benzene rings is 1. The van der Waals surface area contributed by atoms with Crippen molar-refractivity contribution in [3.63, 3.8) is 0 Å².